The number of hydrogen-bond acceptors (Lipinski definition) is 3. The summed E-state index contributed by atoms with van der Waals surface area (Å²) in [5.41, 5.74) is -0.206. The van der Waals surface area contributed by atoms with Crippen LogP contribution < -0.4 is 0 Å². The average Bonchev–Trinajstić information content (AvgIpc) is 2.10. The highest BCUT2D eigenvalue weighted by molar-refractivity contribution is 7.88. The van der Waals surface area contributed by atoms with Crippen LogP contribution in [0.25, 0.3) is 0 Å². The van der Waals surface area contributed by atoms with E-state index in [0.717, 1.165) is 0 Å². The molecule has 1 N–H and O–H groups in total. The molecule has 0 aromatic rings. The Morgan fingerprint density at radius 2 is 1.94 bits per heavy atom. The monoisotopic (exact) mass is 246 g/mol. The predicted molar refractivity (Wildman–Crippen MR) is 59.6 cm³/mol. The molecule has 2 aliphatic carbocycles. The van der Waals surface area contributed by atoms with Crippen molar-refractivity contribution in [3.63, 3.8) is 0 Å². The van der Waals surface area contributed by atoms with Crippen molar-refractivity contribution in [2.45, 2.75) is 44.8 Å². The lowest BCUT2D eigenvalue weighted by atomic mass is 9.50. The summed E-state index contributed by atoms with van der Waals surface area (Å²) in [7, 11) is -4.28. The maximum Gasteiger partial charge on any atom is 0.278 e. The van der Waals surface area contributed by atoms with Crippen LogP contribution in [0.4, 0.5) is 0 Å². The number of fused-ring (bicyclic) bond motifs is 1. The Hall–Kier alpha value is -0.420. The molecule has 4 nitrogen and oxygen atoms in total. The minimum Gasteiger partial charge on any atom is -0.298 e. The van der Waals surface area contributed by atoms with Gasteiger partial charge in [-0.3, -0.25) is 9.35 Å². The van der Waals surface area contributed by atoms with Gasteiger partial charge in [0.05, 0.1) is 0 Å². The normalized spacial score (nSPS) is 42.4. The molecular weight excluding hydrogens is 228 g/mol. The van der Waals surface area contributed by atoms with Gasteiger partial charge in [-0.1, -0.05) is 20.8 Å². The number of carbonyl (C=O) groups is 1. The summed E-state index contributed by atoms with van der Waals surface area (Å²) in [6.45, 7) is 6.07. The van der Waals surface area contributed by atoms with Gasteiger partial charge in [-0.15, -0.1) is 0 Å². The molecule has 0 aliphatic heterocycles. The van der Waals surface area contributed by atoms with Crippen LogP contribution in [0.15, 0.2) is 0 Å². The fourth-order valence-corrected chi connectivity index (χ4v) is 4.86. The second kappa shape index (κ2) is 3.07. The highest BCUT2D eigenvalue weighted by Gasteiger charge is 2.69. The van der Waals surface area contributed by atoms with Crippen molar-refractivity contribution < 1.29 is 17.8 Å². The molecule has 0 aromatic heterocycles. The third-order valence-electron chi connectivity index (χ3n) is 5.00. The van der Waals surface area contributed by atoms with E-state index < -0.39 is 14.9 Å². The summed E-state index contributed by atoms with van der Waals surface area (Å²) >= 11 is 0. The molecule has 0 aromatic carbocycles. The maximum absolute atomic E-state index is 11.7. The number of carbonyl (C=O) groups excluding carboxylic acids is 1. The Kier molecular flexibility index (Phi) is 2.31. The topological polar surface area (TPSA) is 71.4 Å². The van der Waals surface area contributed by atoms with E-state index in [1.165, 1.54) is 0 Å². The summed E-state index contributed by atoms with van der Waals surface area (Å²) in [5, 5.41) is 0. The number of rotatable bonds is 1. The first-order valence-corrected chi connectivity index (χ1v) is 7.08. The van der Waals surface area contributed by atoms with Crippen LogP contribution in [0.5, 0.6) is 0 Å². The van der Waals surface area contributed by atoms with Crippen LogP contribution in [0.3, 0.4) is 0 Å². The summed E-state index contributed by atoms with van der Waals surface area (Å²) in [5.74, 6) is -0.160. The van der Waals surface area contributed by atoms with E-state index in [2.05, 4.69) is 6.92 Å². The van der Waals surface area contributed by atoms with Crippen molar-refractivity contribution in [1.82, 2.24) is 0 Å². The van der Waals surface area contributed by atoms with Gasteiger partial charge in [-0.2, -0.15) is 8.42 Å². The fourth-order valence-electron chi connectivity index (χ4n) is 3.36. The molecule has 92 valence electrons. The smallest absolute Gasteiger partial charge is 0.278 e. The van der Waals surface area contributed by atoms with Crippen molar-refractivity contribution in [3.05, 3.63) is 0 Å². The minimum atomic E-state index is -4.28. The van der Waals surface area contributed by atoms with Gasteiger partial charge in [0.25, 0.3) is 10.1 Å². The maximum atomic E-state index is 11.7. The van der Waals surface area contributed by atoms with Gasteiger partial charge >= 0.3 is 0 Å². The zero-order valence-electron chi connectivity index (χ0n) is 9.86. The van der Waals surface area contributed by atoms with Crippen molar-refractivity contribution in [3.8, 4) is 0 Å². The molecule has 2 fully saturated rings. The highest BCUT2D eigenvalue weighted by Crippen LogP contribution is 2.60. The largest absolute Gasteiger partial charge is 0.298 e. The van der Waals surface area contributed by atoms with E-state index in [0.29, 0.717) is 12.3 Å². The molecule has 0 radical (unpaired) electrons. The highest BCUT2D eigenvalue weighted by atomic mass is 32.2. The van der Waals surface area contributed by atoms with E-state index in [-0.39, 0.29) is 30.0 Å². The third kappa shape index (κ3) is 1.19. The Morgan fingerprint density at radius 1 is 1.38 bits per heavy atom. The molecule has 0 saturated heterocycles. The molecular formula is C11H18O4S. The number of hydrogen-bond donors (Lipinski definition) is 1. The van der Waals surface area contributed by atoms with Gasteiger partial charge in [0.2, 0.25) is 0 Å². The lowest BCUT2D eigenvalue weighted by molar-refractivity contribution is -0.143. The first-order valence-electron chi connectivity index (χ1n) is 5.64. The van der Waals surface area contributed by atoms with Gasteiger partial charge < -0.3 is 0 Å². The van der Waals surface area contributed by atoms with Crippen LogP contribution in [-0.2, 0) is 14.9 Å². The molecule has 16 heavy (non-hydrogen) atoms. The molecule has 0 heterocycles. The second-order valence-corrected chi connectivity index (χ2v) is 7.48. The third-order valence-corrected chi connectivity index (χ3v) is 6.64. The van der Waals surface area contributed by atoms with Crippen molar-refractivity contribution in [2.75, 3.05) is 0 Å². The molecule has 0 bridgehead atoms. The molecule has 5 heteroatoms. The zero-order valence-corrected chi connectivity index (χ0v) is 10.7. The average molecular weight is 246 g/mol. The zero-order chi connectivity index (χ0) is 12.4. The lowest BCUT2D eigenvalue weighted by Crippen LogP contribution is -2.68. The SMILES string of the molecule is C[C@H]1CC[C@@]2(S(=O)(=O)O)C(=O)CC2C1(C)C. The summed E-state index contributed by atoms with van der Waals surface area (Å²) in [6.07, 6.45) is 1.24. The molecule has 1 unspecified atom stereocenters. The first-order chi connectivity index (χ1) is 7.14. The molecule has 2 aliphatic rings. The van der Waals surface area contributed by atoms with Gasteiger partial charge in [0.1, 0.15) is 0 Å². The van der Waals surface area contributed by atoms with Crippen molar-refractivity contribution in [1.29, 1.82) is 0 Å². The van der Waals surface area contributed by atoms with Crippen LogP contribution in [0.2, 0.25) is 0 Å². The van der Waals surface area contributed by atoms with E-state index in [1.807, 2.05) is 13.8 Å². The Balaban J connectivity index is 2.50. The molecule has 2 saturated carbocycles. The van der Waals surface area contributed by atoms with Gasteiger partial charge in [0.15, 0.2) is 10.5 Å². The first kappa shape index (κ1) is 12.0. The van der Waals surface area contributed by atoms with Crippen LogP contribution in [0, 0.1) is 17.3 Å². The fraction of sp³-hybridized carbons (Fsp3) is 0.909. The van der Waals surface area contributed by atoms with E-state index >= 15 is 0 Å². The summed E-state index contributed by atoms with van der Waals surface area (Å²) < 4.78 is 30.9. The minimum absolute atomic E-state index is 0.206. The number of Topliss-reactive ketones (excluding diaryl/α,β-unsaturated/α-hetero) is 1. The van der Waals surface area contributed by atoms with Crippen LogP contribution >= 0.6 is 0 Å². The van der Waals surface area contributed by atoms with Crippen LogP contribution in [-0.4, -0.2) is 23.5 Å². The predicted octanol–water partition coefficient (Wildman–Crippen LogP) is 1.66. The van der Waals surface area contributed by atoms with E-state index in [1.54, 1.807) is 0 Å². The number of ketones is 1. The standard InChI is InChI=1S/C11H18O4S/c1-7-4-5-11(16(13,14)15)8(6-9(11)12)10(7,2)3/h7-8H,4-6H2,1-3H3,(H,13,14,15)/t7-,8?,11-/m0/s1. The summed E-state index contributed by atoms with van der Waals surface area (Å²) in [6, 6.07) is 0. The Labute approximate surface area is 96.2 Å². The van der Waals surface area contributed by atoms with Crippen molar-refractivity contribution in [2.24, 2.45) is 17.3 Å². The van der Waals surface area contributed by atoms with Crippen molar-refractivity contribution >= 4 is 15.9 Å². The molecule has 0 spiro atoms. The molecule has 0 amide bonds. The second-order valence-electron chi connectivity index (χ2n) is 5.81. The van der Waals surface area contributed by atoms with E-state index in [9.17, 15) is 17.8 Å². The van der Waals surface area contributed by atoms with Gasteiger partial charge in [0, 0.05) is 12.3 Å². The van der Waals surface area contributed by atoms with Gasteiger partial charge in [-0.25, -0.2) is 0 Å². The Morgan fingerprint density at radius 3 is 2.38 bits per heavy atom. The molecule has 2 rings (SSSR count). The van der Waals surface area contributed by atoms with E-state index in [4.69, 9.17) is 0 Å². The van der Waals surface area contributed by atoms with Crippen LogP contribution in [0.1, 0.15) is 40.0 Å². The summed E-state index contributed by atoms with van der Waals surface area (Å²) in [4.78, 5) is 11.7. The quantitative estimate of drug-likeness (QED) is 0.714. The molecule has 3 atom stereocenters. The van der Waals surface area contributed by atoms with Gasteiger partial charge in [-0.05, 0) is 24.2 Å². The lowest BCUT2D eigenvalue weighted by Gasteiger charge is -2.58. The Bertz CT molecular complexity index is 437.